The molecule has 1 aromatic rings. The second kappa shape index (κ2) is 4.81. The smallest absolute Gasteiger partial charge is 0.311 e. The van der Waals surface area contributed by atoms with Crippen molar-refractivity contribution in [2.75, 3.05) is 0 Å². The van der Waals surface area contributed by atoms with Crippen LogP contribution in [0, 0.1) is 6.92 Å². The molecule has 0 saturated carbocycles. The third-order valence-electron chi connectivity index (χ3n) is 1.61. The fourth-order valence-corrected chi connectivity index (χ4v) is 1.77. The van der Waals surface area contributed by atoms with E-state index in [0.29, 0.717) is 0 Å². The maximum absolute atomic E-state index is 11.2. The van der Waals surface area contributed by atoms with Gasteiger partial charge in [0.2, 0.25) is 5.12 Å². The molecule has 14 heavy (non-hydrogen) atoms. The highest BCUT2D eigenvalue weighted by Gasteiger charge is 2.10. The second-order valence-electron chi connectivity index (χ2n) is 2.81. The zero-order chi connectivity index (χ0) is 10.6. The molecular weight excluding hydrogens is 200 g/mol. The fraction of sp³-hybridized carbons (Fsp3) is 0.200. The van der Waals surface area contributed by atoms with Gasteiger partial charge in [0.15, 0.2) is 0 Å². The Morgan fingerprint density at radius 1 is 1.36 bits per heavy atom. The van der Waals surface area contributed by atoms with Crippen LogP contribution in [0.5, 0.6) is 0 Å². The van der Waals surface area contributed by atoms with Crippen LogP contribution >= 0.6 is 11.8 Å². The first kappa shape index (κ1) is 10.8. The van der Waals surface area contributed by atoms with Gasteiger partial charge >= 0.3 is 5.97 Å². The molecule has 0 spiro atoms. The van der Waals surface area contributed by atoms with E-state index in [1.54, 1.807) is 6.07 Å². The fourth-order valence-electron chi connectivity index (χ4n) is 0.953. The van der Waals surface area contributed by atoms with Gasteiger partial charge in [0.1, 0.15) is 6.42 Å². The molecule has 0 aliphatic rings. The molecule has 0 aliphatic heterocycles. The molecule has 1 rings (SSSR count). The van der Waals surface area contributed by atoms with Gasteiger partial charge in [-0.2, -0.15) is 0 Å². The summed E-state index contributed by atoms with van der Waals surface area (Å²) in [6, 6.07) is 7.39. The van der Waals surface area contributed by atoms with Gasteiger partial charge in [-0.15, -0.1) is 0 Å². The van der Waals surface area contributed by atoms with Crippen LogP contribution in [0.3, 0.4) is 0 Å². The molecule has 1 aromatic carbocycles. The molecule has 0 fully saturated rings. The number of carboxylic acids is 1. The largest absolute Gasteiger partial charge is 0.481 e. The van der Waals surface area contributed by atoms with Crippen LogP contribution in [-0.2, 0) is 9.59 Å². The highest BCUT2D eigenvalue weighted by molar-refractivity contribution is 8.13. The zero-order valence-corrected chi connectivity index (χ0v) is 8.50. The van der Waals surface area contributed by atoms with Crippen LogP contribution in [0.2, 0.25) is 0 Å². The highest BCUT2D eigenvalue weighted by Crippen LogP contribution is 2.23. The van der Waals surface area contributed by atoms with Crippen molar-refractivity contribution in [2.24, 2.45) is 0 Å². The van der Waals surface area contributed by atoms with E-state index in [2.05, 4.69) is 0 Å². The Kier molecular flexibility index (Phi) is 3.71. The number of thioether (sulfide) groups is 1. The number of hydrogen-bond acceptors (Lipinski definition) is 3. The van der Waals surface area contributed by atoms with Crippen LogP contribution < -0.4 is 0 Å². The number of carbonyl (C=O) groups is 2. The Bertz CT molecular complexity index is 360. The first-order valence-electron chi connectivity index (χ1n) is 4.07. The molecule has 0 aromatic heterocycles. The standard InChI is InChI=1S/C10H10O3S/c1-7-4-2-3-5-8(7)14-10(13)6-9(11)12/h2-5H,6H2,1H3,(H,11,12). The Morgan fingerprint density at radius 3 is 2.57 bits per heavy atom. The zero-order valence-electron chi connectivity index (χ0n) is 7.69. The van der Waals surface area contributed by atoms with Crippen molar-refractivity contribution < 1.29 is 14.7 Å². The molecule has 3 nitrogen and oxygen atoms in total. The molecule has 74 valence electrons. The van der Waals surface area contributed by atoms with E-state index < -0.39 is 12.4 Å². The summed E-state index contributed by atoms with van der Waals surface area (Å²) in [4.78, 5) is 22.2. The van der Waals surface area contributed by atoms with Gasteiger partial charge in [-0.1, -0.05) is 30.0 Å². The van der Waals surface area contributed by atoms with Crippen LogP contribution in [0.25, 0.3) is 0 Å². The Hall–Kier alpha value is -1.29. The van der Waals surface area contributed by atoms with Crippen molar-refractivity contribution in [2.45, 2.75) is 18.2 Å². The van der Waals surface area contributed by atoms with Crippen LogP contribution in [-0.4, -0.2) is 16.2 Å². The second-order valence-corrected chi connectivity index (χ2v) is 3.91. The molecule has 0 bridgehead atoms. The highest BCUT2D eigenvalue weighted by atomic mass is 32.2. The van der Waals surface area contributed by atoms with Crippen molar-refractivity contribution in [3.05, 3.63) is 29.8 Å². The number of aliphatic carboxylic acids is 1. The summed E-state index contributed by atoms with van der Waals surface area (Å²) in [6.07, 6.45) is -0.432. The monoisotopic (exact) mass is 210 g/mol. The molecule has 0 aliphatic carbocycles. The van der Waals surface area contributed by atoms with Crippen LogP contribution in [0.1, 0.15) is 12.0 Å². The molecule has 0 amide bonds. The van der Waals surface area contributed by atoms with Crippen molar-refractivity contribution >= 4 is 22.8 Å². The number of rotatable bonds is 3. The molecule has 1 N–H and O–H groups in total. The minimum absolute atomic E-state index is 0.341. The lowest BCUT2D eigenvalue weighted by Crippen LogP contribution is -2.02. The van der Waals surface area contributed by atoms with Gasteiger partial charge in [0.25, 0.3) is 0 Å². The van der Waals surface area contributed by atoms with E-state index in [1.807, 2.05) is 25.1 Å². The van der Waals surface area contributed by atoms with E-state index in [9.17, 15) is 9.59 Å². The minimum atomic E-state index is -1.09. The molecule has 0 unspecified atom stereocenters. The van der Waals surface area contributed by atoms with E-state index >= 15 is 0 Å². The lowest BCUT2D eigenvalue weighted by molar-refractivity contribution is -0.138. The van der Waals surface area contributed by atoms with Crippen molar-refractivity contribution in [3.63, 3.8) is 0 Å². The first-order valence-corrected chi connectivity index (χ1v) is 4.89. The lowest BCUT2D eigenvalue weighted by Gasteiger charge is -2.01. The number of aryl methyl sites for hydroxylation is 1. The van der Waals surface area contributed by atoms with E-state index in [-0.39, 0.29) is 5.12 Å². The van der Waals surface area contributed by atoms with E-state index in [1.165, 1.54) is 0 Å². The maximum Gasteiger partial charge on any atom is 0.311 e. The lowest BCUT2D eigenvalue weighted by atomic mass is 10.2. The van der Waals surface area contributed by atoms with Gasteiger partial charge in [0.05, 0.1) is 0 Å². The predicted octanol–water partition coefficient (Wildman–Crippen LogP) is 2.09. The summed E-state index contributed by atoms with van der Waals surface area (Å²) in [5.74, 6) is -1.09. The molecule has 0 atom stereocenters. The minimum Gasteiger partial charge on any atom is -0.481 e. The van der Waals surface area contributed by atoms with Gasteiger partial charge in [-0.3, -0.25) is 9.59 Å². The van der Waals surface area contributed by atoms with Gasteiger partial charge in [0, 0.05) is 4.90 Å². The van der Waals surface area contributed by atoms with Crippen molar-refractivity contribution in [3.8, 4) is 0 Å². The average Bonchev–Trinajstić information content (AvgIpc) is 2.07. The first-order chi connectivity index (χ1) is 6.59. The van der Waals surface area contributed by atoms with Gasteiger partial charge in [-0.05, 0) is 18.6 Å². The normalized spacial score (nSPS) is 9.79. The number of benzene rings is 1. The molecule has 0 saturated heterocycles. The van der Waals surface area contributed by atoms with Crippen LogP contribution in [0.15, 0.2) is 29.2 Å². The third-order valence-corrected chi connectivity index (χ3v) is 2.66. The van der Waals surface area contributed by atoms with Gasteiger partial charge < -0.3 is 5.11 Å². The third kappa shape index (κ3) is 3.22. The van der Waals surface area contributed by atoms with E-state index in [0.717, 1.165) is 22.2 Å². The molecule has 4 heteroatoms. The quantitative estimate of drug-likeness (QED) is 0.613. The topological polar surface area (TPSA) is 54.4 Å². The molecule has 0 radical (unpaired) electrons. The van der Waals surface area contributed by atoms with Crippen molar-refractivity contribution in [1.82, 2.24) is 0 Å². The summed E-state index contributed by atoms with van der Waals surface area (Å²) in [6.45, 7) is 1.89. The summed E-state index contributed by atoms with van der Waals surface area (Å²) in [5.41, 5.74) is 0.983. The van der Waals surface area contributed by atoms with Crippen LogP contribution in [0.4, 0.5) is 0 Å². The van der Waals surface area contributed by atoms with E-state index in [4.69, 9.17) is 5.11 Å². The predicted molar refractivity (Wildman–Crippen MR) is 54.3 cm³/mol. The average molecular weight is 210 g/mol. The number of carbonyl (C=O) groups excluding carboxylic acids is 1. The summed E-state index contributed by atoms with van der Waals surface area (Å²) in [7, 11) is 0. The Labute approximate surface area is 86.1 Å². The SMILES string of the molecule is Cc1ccccc1SC(=O)CC(=O)O. The maximum atomic E-state index is 11.2. The van der Waals surface area contributed by atoms with Gasteiger partial charge in [-0.25, -0.2) is 0 Å². The summed E-state index contributed by atoms with van der Waals surface area (Å²) in [5, 5.41) is 8.06. The Balaban J connectivity index is 2.65. The van der Waals surface area contributed by atoms with Crippen molar-refractivity contribution in [1.29, 1.82) is 0 Å². The summed E-state index contributed by atoms with van der Waals surface area (Å²) >= 11 is 0.979. The molecular formula is C10H10O3S. The summed E-state index contributed by atoms with van der Waals surface area (Å²) < 4.78 is 0. The molecule has 0 heterocycles. The number of hydrogen-bond donors (Lipinski definition) is 1. The number of carboxylic acid groups (broad SMARTS) is 1. The Morgan fingerprint density at radius 2 is 2.00 bits per heavy atom.